The van der Waals surface area contributed by atoms with E-state index in [0.717, 1.165) is 83.9 Å². The van der Waals surface area contributed by atoms with Crippen LogP contribution in [0.25, 0.3) is 11.1 Å². The quantitative estimate of drug-likeness (QED) is 0.497. The van der Waals surface area contributed by atoms with E-state index in [0.29, 0.717) is 17.1 Å². The van der Waals surface area contributed by atoms with Crippen molar-refractivity contribution >= 4 is 17.5 Å². The number of Topliss-reactive ketones (excluding diaryl/α,β-unsaturated/α-hetero) is 1. The minimum Gasteiger partial charge on any atom is -0.497 e. The average molecular weight is 459 g/mol. The van der Waals surface area contributed by atoms with Gasteiger partial charge in [-0.1, -0.05) is 23.9 Å². The summed E-state index contributed by atoms with van der Waals surface area (Å²) in [4.78, 5) is 18.5. The van der Waals surface area contributed by atoms with Crippen LogP contribution in [-0.2, 0) is 17.6 Å². The maximum absolute atomic E-state index is 13.6. The molecule has 0 unspecified atom stereocenters. The van der Waals surface area contributed by atoms with Crippen molar-refractivity contribution in [3.8, 4) is 22.9 Å². The number of fused-ring (bicyclic) bond motifs is 1. The second-order valence-corrected chi connectivity index (χ2v) is 11.7. The van der Waals surface area contributed by atoms with Crippen molar-refractivity contribution < 1.29 is 9.53 Å². The fraction of sp³-hybridized carbons (Fsp3) is 0.536. The number of hydrogen-bond donors (Lipinski definition) is 0. The van der Waals surface area contributed by atoms with E-state index in [-0.39, 0.29) is 5.41 Å². The Kier molecular flexibility index (Phi) is 5.25. The van der Waals surface area contributed by atoms with Crippen molar-refractivity contribution in [2.45, 2.75) is 62.8 Å². The summed E-state index contributed by atoms with van der Waals surface area (Å²) in [5.41, 5.74) is 4.88. The Bertz CT molecular complexity index is 1110. The van der Waals surface area contributed by atoms with Crippen molar-refractivity contribution in [1.29, 1.82) is 5.26 Å². The summed E-state index contributed by atoms with van der Waals surface area (Å²) in [7, 11) is 1.66. The fourth-order valence-corrected chi connectivity index (χ4v) is 8.62. The summed E-state index contributed by atoms with van der Waals surface area (Å²) < 4.78 is 5.32. The van der Waals surface area contributed by atoms with Gasteiger partial charge in [-0.25, -0.2) is 4.98 Å². The number of carbonyl (C=O) groups is 1. The van der Waals surface area contributed by atoms with E-state index in [1.165, 1.54) is 36.6 Å². The number of aryl methyl sites for hydroxylation is 1. The lowest BCUT2D eigenvalue weighted by molar-refractivity contribution is -0.141. The summed E-state index contributed by atoms with van der Waals surface area (Å²) in [5.74, 6) is 3.94. The second-order valence-electron chi connectivity index (χ2n) is 10.7. The van der Waals surface area contributed by atoms with Gasteiger partial charge in [0.2, 0.25) is 0 Å². The number of nitrogens with zero attached hydrogens (tertiary/aromatic N) is 2. The molecule has 0 N–H and O–H groups in total. The van der Waals surface area contributed by atoms with Crippen molar-refractivity contribution in [3.05, 3.63) is 41.1 Å². The Morgan fingerprint density at radius 2 is 1.79 bits per heavy atom. The monoisotopic (exact) mass is 458 g/mol. The molecule has 7 rings (SSSR count). The number of thioether (sulfide) groups is 1. The number of ether oxygens (including phenoxy) is 1. The van der Waals surface area contributed by atoms with Gasteiger partial charge in [0.1, 0.15) is 22.6 Å². The van der Waals surface area contributed by atoms with E-state index in [2.05, 4.69) is 6.07 Å². The lowest BCUT2D eigenvalue weighted by Gasteiger charge is -2.56. The summed E-state index contributed by atoms with van der Waals surface area (Å²) >= 11 is 1.50. The molecule has 170 valence electrons. The molecule has 0 saturated heterocycles. The molecule has 5 aliphatic rings. The predicted molar refractivity (Wildman–Crippen MR) is 129 cm³/mol. The average Bonchev–Trinajstić information content (AvgIpc) is 3.29. The van der Waals surface area contributed by atoms with E-state index in [9.17, 15) is 10.1 Å². The van der Waals surface area contributed by atoms with Crippen LogP contribution in [0, 0.1) is 34.5 Å². The summed E-state index contributed by atoms with van der Waals surface area (Å²) in [6, 6.07) is 10.4. The van der Waals surface area contributed by atoms with Gasteiger partial charge in [0.25, 0.3) is 0 Å². The van der Waals surface area contributed by atoms with Gasteiger partial charge < -0.3 is 4.74 Å². The first kappa shape index (κ1) is 21.2. The lowest BCUT2D eigenvalue weighted by Crippen LogP contribution is -2.50. The molecule has 0 aliphatic heterocycles. The van der Waals surface area contributed by atoms with Gasteiger partial charge in [-0.15, -0.1) is 0 Å². The van der Waals surface area contributed by atoms with E-state index in [1.807, 2.05) is 24.3 Å². The Balaban J connectivity index is 1.31. The number of ketones is 1. The number of benzene rings is 1. The minimum absolute atomic E-state index is 0.0932. The zero-order valence-electron chi connectivity index (χ0n) is 19.2. The van der Waals surface area contributed by atoms with E-state index < -0.39 is 0 Å². The fourth-order valence-electron chi connectivity index (χ4n) is 7.58. The van der Waals surface area contributed by atoms with Crippen LogP contribution in [0.3, 0.4) is 0 Å². The molecule has 1 aromatic carbocycles. The van der Waals surface area contributed by atoms with Crippen LogP contribution in [0.15, 0.2) is 29.3 Å². The summed E-state index contributed by atoms with van der Waals surface area (Å²) in [6.07, 6.45) is 10.3. The van der Waals surface area contributed by atoms with Crippen LogP contribution >= 0.6 is 11.8 Å². The lowest BCUT2D eigenvalue weighted by atomic mass is 9.48. The van der Waals surface area contributed by atoms with Crippen molar-refractivity contribution in [2.75, 3.05) is 12.9 Å². The Morgan fingerprint density at radius 1 is 1.12 bits per heavy atom. The van der Waals surface area contributed by atoms with Crippen LogP contribution in [0.1, 0.15) is 61.8 Å². The number of hydrogen-bond acceptors (Lipinski definition) is 5. The van der Waals surface area contributed by atoms with Gasteiger partial charge >= 0.3 is 0 Å². The molecule has 4 saturated carbocycles. The highest BCUT2D eigenvalue weighted by atomic mass is 32.2. The smallest absolute Gasteiger partial charge is 0.149 e. The van der Waals surface area contributed by atoms with Gasteiger partial charge in [-0.3, -0.25) is 4.79 Å². The summed E-state index contributed by atoms with van der Waals surface area (Å²) in [5, 5.41) is 10.9. The molecule has 5 heteroatoms. The van der Waals surface area contributed by atoms with E-state index in [4.69, 9.17) is 9.72 Å². The third kappa shape index (κ3) is 3.58. The highest BCUT2D eigenvalue weighted by molar-refractivity contribution is 8.00. The van der Waals surface area contributed by atoms with Gasteiger partial charge in [0, 0.05) is 16.7 Å². The zero-order chi connectivity index (χ0) is 22.6. The topological polar surface area (TPSA) is 63.0 Å². The maximum Gasteiger partial charge on any atom is 0.149 e. The van der Waals surface area contributed by atoms with E-state index in [1.54, 1.807) is 7.11 Å². The van der Waals surface area contributed by atoms with Crippen molar-refractivity contribution in [3.63, 3.8) is 0 Å². The first-order chi connectivity index (χ1) is 16.1. The molecule has 1 aromatic heterocycles. The molecule has 0 amide bonds. The largest absolute Gasteiger partial charge is 0.497 e. The molecule has 0 radical (unpaired) electrons. The van der Waals surface area contributed by atoms with E-state index >= 15 is 0 Å². The second kappa shape index (κ2) is 8.17. The Morgan fingerprint density at radius 3 is 2.39 bits per heavy atom. The number of nitriles is 1. The minimum atomic E-state index is -0.0932. The molecule has 4 nitrogen and oxygen atoms in total. The molecule has 33 heavy (non-hydrogen) atoms. The zero-order valence-corrected chi connectivity index (χ0v) is 20.0. The number of rotatable bonds is 6. The third-order valence-corrected chi connectivity index (χ3v) is 9.63. The SMILES string of the molecule is COc1ccc(-c2c(C#N)c(SCC(=O)C34CC5CC(CC(C5)C3)C4)nc3c2CCC3)cc1. The van der Waals surface area contributed by atoms with Crippen LogP contribution in [0.5, 0.6) is 5.75 Å². The normalized spacial score (nSPS) is 29.0. The molecule has 2 aromatic rings. The molecule has 4 fully saturated rings. The van der Waals surface area contributed by atoms with Gasteiger partial charge in [-0.2, -0.15) is 5.26 Å². The van der Waals surface area contributed by atoms with Crippen LogP contribution in [0.4, 0.5) is 0 Å². The van der Waals surface area contributed by atoms with Crippen molar-refractivity contribution in [1.82, 2.24) is 4.98 Å². The van der Waals surface area contributed by atoms with Crippen LogP contribution in [0.2, 0.25) is 0 Å². The van der Waals surface area contributed by atoms with Gasteiger partial charge in [-0.05, 0) is 98.8 Å². The molecule has 4 bridgehead atoms. The Labute approximate surface area is 200 Å². The highest BCUT2D eigenvalue weighted by Crippen LogP contribution is 2.60. The predicted octanol–water partition coefficient (Wildman–Crippen LogP) is 6.00. The maximum atomic E-state index is 13.6. The molecular formula is C28H30N2O2S. The molecule has 0 spiro atoms. The van der Waals surface area contributed by atoms with Gasteiger partial charge in [0.15, 0.2) is 0 Å². The first-order valence-corrected chi connectivity index (χ1v) is 13.3. The standard InChI is InChI=1S/C28H30N2O2S/c1-32-21-7-5-20(6-8-21)26-22-3-2-4-24(22)30-27(23(26)15-29)33-16-25(31)28-12-17-9-18(13-28)11-19(10-17)14-28/h5-8,17-19H,2-4,9-14,16H2,1H3. The molecule has 1 heterocycles. The molecular weight excluding hydrogens is 428 g/mol. The number of methoxy groups -OCH3 is 1. The highest BCUT2D eigenvalue weighted by Gasteiger charge is 2.54. The number of aromatic nitrogens is 1. The number of carbonyl (C=O) groups excluding carboxylic acids is 1. The first-order valence-electron chi connectivity index (χ1n) is 12.3. The van der Waals surface area contributed by atoms with Crippen LogP contribution in [-0.4, -0.2) is 23.6 Å². The number of pyridine rings is 1. The van der Waals surface area contributed by atoms with Crippen molar-refractivity contribution in [2.24, 2.45) is 23.2 Å². The molecule has 0 atom stereocenters. The Hall–Kier alpha value is -2.32. The molecule has 5 aliphatic carbocycles. The van der Waals surface area contributed by atoms with Crippen LogP contribution < -0.4 is 4.74 Å². The third-order valence-electron chi connectivity index (χ3n) is 8.65. The van der Waals surface area contributed by atoms with Gasteiger partial charge in [0.05, 0.1) is 18.4 Å². The summed E-state index contributed by atoms with van der Waals surface area (Å²) in [6.45, 7) is 0.